The molecule has 0 spiro atoms. The second-order valence-electron chi connectivity index (χ2n) is 4.38. The van der Waals surface area contributed by atoms with Gasteiger partial charge in [-0.2, -0.15) is 0 Å². The Balaban J connectivity index is 1.98. The fraction of sp³-hybridized carbons (Fsp3) is 0.636. The third-order valence-electron chi connectivity index (χ3n) is 3.27. The van der Waals surface area contributed by atoms with Crippen LogP contribution in [0.5, 0.6) is 0 Å². The van der Waals surface area contributed by atoms with E-state index in [1.165, 1.54) is 6.33 Å². The van der Waals surface area contributed by atoms with E-state index in [4.69, 9.17) is 11.6 Å². The van der Waals surface area contributed by atoms with Crippen molar-refractivity contribution in [3.63, 3.8) is 0 Å². The smallest absolute Gasteiger partial charge is 0.271 e. The average Bonchev–Trinajstić information content (AvgIpc) is 2.36. The summed E-state index contributed by atoms with van der Waals surface area (Å²) in [5, 5.41) is 6.67. The van der Waals surface area contributed by atoms with E-state index in [0.29, 0.717) is 17.9 Å². The van der Waals surface area contributed by atoms with Crippen LogP contribution >= 0.6 is 11.6 Å². The number of hydrogen-bond acceptors (Lipinski definition) is 4. The highest BCUT2D eigenvalue weighted by molar-refractivity contribution is 6.32. The summed E-state index contributed by atoms with van der Waals surface area (Å²) in [6, 6.07) is 0.960. The molecule has 17 heavy (non-hydrogen) atoms. The molecule has 2 rings (SSSR count). The standard InChI is InChI=1S/C11H17ClN4O/c1-13-7-2-4-8(5-3-7)16-10-9(12)11(17)15-6-14-10/h6-8,13H,2-5H2,1H3,(H2,14,15,16,17). The Labute approximate surface area is 105 Å². The number of H-pyrrole nitrogens is 1. The molecule has 0 saturated heterocycles. The van der Waals surface area contributed by atoms with E-state index in [9.17, 15) is 4.79 Å². The van der Waals surface area contributed by atoms with Crippen molar-refractivity contribution in [1.82, 2.24) is 15.3 Å². The number of nitrogens with one attached hydrogen (secondary N) is 3. The molecule has 1 aliphatic rings. The van der Waals surface area contributed by atoms with Gasteiger partial charge in [0.1, 0.15) is 5.02 Å². The maximum Gasteiger partial charge on any atom is 0.271 e. The predicted molar refractivity (Wildman–Crippen MR) is 68.6 cm³/mol. The van der Waals surface area contributed by atoms with Gasteiger partial charge < -0.3 is 15.6 Å². The number of nitrogens with zero attached hydrogens (tertiary/aromatic N) is 1. The normalized spacial score (nSPS) is 24.6. The first kappa shape index (κ1) is 12.4. The first-order chi connectivity index (χ1) is 8.20. The molecular weight excluding hydrogens is 240 g/mol. The van der Waals surface area contributed by atoms with Crippen molar-refractivity contribution in [2.24, 2.45) is 0 Å². The molecule has 1 aromatic rings. The Kier molecular flexibility index (Phi) is 4.02. The Bertz CT molecular complexity index is 426. The van der Waals surface area contributed by atoms with Gasteiger partial charge in [-0.15, -0.1) is 0 Å². The van der Waals surface area contributed by atoms with Crippen LogP contribution in [-0.2, 0) is 0 Å². The maximum absolute atomic E-state index is 11.3. The third-order valence-corrected chi connectivity index (χ3v) is 3.62. The van der Waals surface area contributed by atoms with E-state index >= 15 is 0 Å². The van der Waals surface area contributed by atoms with Gasteiger partial charge in [-0.05, 0) is 32.7 Å². The molecular formula is C11H17ClN4O. The van der Waals surface area contributed by atoms with Crippen LogP contribution in [0.2, 0.25) is 5.02 Å². The fourth-order valence-electron chi connectivity index (χ4n) is 2.20. The van der Waals surface area contributed by atoms with E-state index in [1.54, 1.807) is 0 Å². The van der Waals surface area contributed by atoms with Crippen LogP contribution in [0.25, 0.3) is 0 Å². The molecule has 5 nitrogen and oxygen atoms in total. The molecule has 3 N–H and O–H groups in total. The van der Waals surface area contributed by atoms with Crippen LogP contribution in [0.3, 0.4) is 0 Å². The van der Waals surface area contributed by atoms with Gasteiger partial charge in [0.05, 0.1) is 6.33 Å². The zero-order valence-electron chi connectivity index (χ0n) is 9.79. The molecule has 0 radical (unpaired) electrons. The van der Waals surface area contributed by atoms with Gasteiger partial charge in [0.15, 0.2) is 5.82 Å². The molecule has 0 unspecified atom stereocenters. The summed E-state index contributed by atoms with van der Waals surface area (Å²) in [5.74, 6) is 0.489. The van der Waals surface area contributed by atoms with Crippen molar-refractivity contribution in [3.8, 4) is 0 Å². The lowest BCUT2D eigenvalue weighted by molar-refractivity contribution is 0.371. The molecule has 1 fully saturated rings. The van der Waals surface area contributed by atoms with E-state index in [0.717, 1.165) is 25.7 Å². The topological polar surface area (TPSA) is 69.8 Å². The quantitative estimate of drug-likeness (QED) is 0.764. The Hall–Kier alpha value is -1.07. The number of aromatic amines is 1. The minimum atomic E-state index is -0.298. The molecule has 94 valence electrons. The molecule has 1 aromatic heterocycles. The molecule has 0 aliphatic heterocycles. The summed E-state index contributed by atoms with van der Waals surface area (Å²) < 4.78 is 0. The van der Waals surface area contributed by atoms with Crippen molar-refractivity contribution in [3.05, 3.63) is 21.7 Å². The van der Waals surface area contributed by atoms with E-state index in [-0.39, 0.29) is 10.6 Å². The first-order valence-electron chi connectivity index (χ1n) is 5.87. The lowest BCUT2D eigenvalue weighted by Gasteiger charge is -2.29. The zero-order valence-corrected chi connectivity index (χ0v) is 10.5. The van der Waals surface area contributed by atoms with Gasteiger partial charge in [0, 0.05) is 12.1 Å². The van der Waals surface area contributed by atoms with Crippen molar-refractivity contribution >= 4 is 17.4 Å². The summed E-state index contributed by atoms with van der Waals surface area (Å²) in [7, 11) is 1.99. The predicted octanol–water partition coefficient (Wildman–Crippen LogP) is 1.37. The fourth-order valence-corrected chi connectivity index (χ4v) is 2.36. The van der Waals surface area contributed by atoms with Gasteiger partial charge in [-0.1, -0.05) is 11.6 Å². The van der Waals surface area contributed by atoms with Crippen LogP contribution in [0, 0.1) is 0 Å². The van der Waals surface area contributed by atoms with Crippen molar-refractivity contribution in [1.29, 1.82) is 0 Å². The van der Waals surface area contributed by atoms with E-state index in [1.807, 2.05) is 7.05 Å². The van der Waals surface area contributed by atoms with Gasteiger partial charge in [-0.3, -0.25) is 4.79 Å². The molecule has 6 heteroatoms. The first-order valence-corrected chi connectivity index (χ1v) is 6.25. The van der Waals surface area contributed by atoms with Crippen molar-refractivity contribution in [2.75, 3.05) is 12.4 Å². The van der Waals surface area contributed by atoms with E-state index in [2.05, 4.69) is 20.6 Å². The van der Waals surface area contributed by atoms with Gasteiger partial charge in [0.2, 0.25) is 0 Å². The highest BCUT2D eigenvalue weighted by Crippen LogP contribution is 2.23. The maximum atomic E-state index is 11.3. The summed E-state index contributed by atoms with van der Waals surface area (Å²) in [4.78, 5) is 17.8. The van der Waals surface area contributed by atoms with Crippen LogP contribution in [0.1, 0.15) is 25.7 Å². The second kappa shape index (κ2) is 5.51. The molecule has 1 heterocycles. The minimum Gasteiger partial charge on any atom is -0.366 e. The summed E-state index contributed by atoms with van der Waals surface area (Å²) in [6.07, 6.45) is 5.77. The lowest BCUT2D eigenvalue weighted by atomic mass is 9.91. The Morgan fingerprint density at radius 1 is 1.35 bits per heavy atom. The number of anilines is 1. The number of hydrogen-bond donors (Lipinski definition) is 3. The molecule has 1 aliphatic carbocycles. The summed E-state index contributed by atoms with van der Waals surface area (Å²) in [5.41, 5.74) is -0.298. The third kappa shape index (κ3) is 2.98. The molecule has 0 amide bonds. The van der Waals surface area contributed by atoms with Crippen molar-refractivity contribution in [2.45, 2.75) is 37.8 Å². The van der Waals surface area contributed by atoms with Crippen molar-refractivity contribution < 1.29 is 0 Å². The highest BCUT2D eigenvalue weighted by Gasteiger charge is 2.21. The lowest BCUT2D eigenvalue weighted by Crippen LogP contribution is -2.35. The zero-order chi connectivity index (χ0) is 12.3. The largest absolute Gasteiger partial charge is 0.366 e. The molecule has 0 atom stereocenters. The minimum absolute atomic E-state index is 0.142. The monoisotopic (exact) mass is 256 g/mol. The average molecular weight is 257 g/mol. The van der Waals surface area contributed by atoms with Gasteiger partial charge in [0.25, 0.3) is 5.56 Å². The number of rotatable bonds is 3. The summed E-state index contributed by atoms with van der Waals surface area (Å²) in [6.45, 7) is 0. The van der Waals surface area contributed by atoms with Gasteiger partial charge in [-0.25, -0.2) is 4.98 Å². The number of halogens is 1. The van der Waals surface area contributed by atoms with Crippen LogP contribution in [-0.4, -0.2) is 29.1 Å². The van der Waals surface area contributed by atoms with Crippen LogP contribution in [0.4, 0.5) is 5.82 Å². The molecule has 0 aromatic carbocycles. The molecule has 1 saturated carbocycles. The number of aromatic nitrogens is 2. The van der Waals surface area contributed by atoms with Gasteiger partial charge >= 0.3 is 0 Å². The highest BCUT2D eigenvalue weighted by atomic mass is 35.5. The summed E-state index contributed by atoms with van der Waals surface area (Å²) >= 11 is 5.89. The second-order valence-corrected chi connectivity index (χ2v) is 4.75. The van der Waals surface area contributed by atoms with Crippen LogP contribution < -0.4 is 16.2 Å². The molecule has 0 bridgehead atoms. The SMILES string of the molecule is CNC1CCC(Nc2nc[nH]c(=O)c2Cl)CC1. The Morgan fingerprint density at radius 2 is 2.00 bits per heavy atom. The van der Waals surface area contributed by atoms with Crippen LogP contribution in [0.15, 0.2) is 11.1 Å². The van der Waals surface area contributed by atoms with E-state index < -0.39 is 0 Å². The Morgan fingerprint density at radius 3 is 2.65 bits per heavy atom.